The van der Waals surface area contributed by atoms with Crippen LogP contribution in [0.2, 0.25) is 0 Å². The molecule has 1 aliphatic rings. The van der Waals surface area contributed by atoms with Gasteiger partial charge in [-0.1, -0.05) is 6.07 Å². The van der Waals surface area contributed by atoms with E-state index >= 15 is 0 Å². The van der Waals surface area contributed by atoms with E-state index in [1.54, 1.807) is 13.8 Å². The highest BCUT2D eigenvalue weighted by atomic mass is 19.1. The molecule has 1 N–H and O–H groups in total. The van der Waals surface area contributed by atoms with E-state index in [4.69, 9.17) is 4.74 Å². The van der Waals surface area contributed by atoms with Gasteiger partial charge in [0.15, 0.2) is 5.82 Å². The second-order valence-corrected chi connectivity index (χ2v) is 7.44. The Hall–Kier alpha value is -3.22. The number of ether oxygens (including phenoxy) is 1. The Morgan fingerprint density at radius 2 is 1.93 bits per heavy atom. The summed E-state index contributed by atoms with van der Waals surface area (Å²) in [5.41, 5.74) is 4.13. The Kier molecular flexibility index (Phi) is 5.53. The zero-order valence-electron chi connectivity index (χ0n) is 17.0. The highest BCUT2D eigenvalue weighted by Crippen LogP contribution is 2.26. The van der Waals surface area contributed by atoms with Gasteiger partial charge in [-0.15, -0.1) is 0 Å². The maximum Gasteiger partial charge on any atom is 0.255 e. The molecule has 0 fully saturated rings. The summed E-state index contributed by atoms with van der Waals surface area (Å²) in [7, 11) is 0. The number of halogens is 2. The summed E-state index contributed by atoms with van der Waals surface area (Å²) in [5.74, 6) is -0.914. The van der Waals surface area contributed by atoms with Gasteiger partial charge in [0, 0.05) is 6.07 Å². The van der Waals surface area contributed by atoms with E-state index in [-0.39, 0.29) is 11.6 Å². The minimum atomic E-state index is -0.740. The molecule has 4 rings (SSSR count). The molecular formula is C23H23F2N3O2. The molecule has 1 amide bonds. The fourth-order valence-electron chi connectivity index (χ4n) is 3.92. The Morgan fingerprint density at radius 1 is 1.13 bits per heavy atom. The molecule has 5 nitrogen and oxygen atoms in total. The van der Waals surface area contributed by atoms with Crippen molar-refractivity contribution < 1.29 is 18.3 Å². The largest absolute Gasteiger partial charge is 0.492 e. The van der Waals surface area contributed by atoms with Crippen molar-refractivity contribution in [3.63, 3.8) is 0 Å². The zero-order valence-corrected chi connectivity index (χ0v) is 17.0. The van der Waals surface area contributed by atoms with Crippen LogP contribution in [0.4, 0.5) is 8.78 Å². The minimum Gasteiger partial charge on any atom is -0.492 e. The second-order valence-electron chi connectivity index (χ2n) is 7.44. The molecule has 1 aliphatic carbocycles. The van der Waals surface area contributed by atoms with Crippen LogP contribution in [0.3, 0.4) is 0 Å². The van der Waals surface area contributed by atoms with Gasteiger partial charge in [-0.25, -0.2) is 13.5 Å². The molecule has 3 aromatic rings. The summed E-state index contributed by atoms with van der Waals surface area (Å²) >= 11 is 0. The average molecular weight is 411 g/mol. The fourth-order valence-corrected chi connectivity index (χ4v) is 3.92. The van der Waals surface area contributed by atoms with Crippen LogP contribution >= 0.6 is 0 Å². The summed E-state index contributed by atoms with van der Waals surface area (Å²) in [4.78, 5) is 12.7. The SMILES string of the molecule is Cc1nn(-c2ccc(F)cc2F)c(C)c1C(=O)NCCOc1ccc2c(c1)CCC2. The number of hydrogen-bond acceptors (Lipinski definition) is 3. The van der Waals surface area contributed by atoms with Gasteiger partial charge in [0.2, 0.25) is 0 Å². The first-order chi connectivity index (χ1) is 14.4. The highest BCUT2D eigenvalue weighted by Gasteiger charge is 2.21. The van der Waals surface area contributed by atoms with Crippen molar-refractivity contribution in [2.24, 2.45) is 0 Å². The highest BCUT2D eigenvalue weighted by molar-refractivity contribution is 5.96. The van der Waals surface area contributed by atoms with Crippen LogP contribution in [0, 0.1) is 25.5 Å². The Bertz CT molecular complexity index is 1110. The lowest BCUT2D eigenvalue weighted by Crippen LogP contribution is -2.29. The summed E-state index contributed by atoms with van der Waals surface area (Å²) in [5, 5.41) is 7.08. The number of nitrogens with one attached hydrogen (secondary N) is 1. The van der Waals surface area contributed by atoms with Gasteiger partial charge in [-0.05, 0) is 68.5 Å². The van der Waals surface area contributed by atoms with Crippen molar-refractivity contribution in [2.45, 2.75) is 33.1 Å². The second kappa shape index (κ2) is 8.26. The summed E-state index contributed by atoms with van der Waals surface area (Å²) < 4.78 is 34.4. The van der Waals surface area contributed by atoms with E-state index in [2.05, 4.69) is 22.5 Å². The molecule has 1 heterocycles. The lowest BCUT2D eigenvalue weighted by atomic mass is 10.1. The molecule has 156 valence electrons. The predicted octanol–water partition coefficient (Wildman–Crippen LogP) is 4.06. The summed E-state index contributed by atoms with van der Waals surface area (Å²) in [6.45, 7) is 4.02. The van der Waals surface area contributed by atoms with Gasteiger partial charge in [0.25, 0.3) is 5.91 Å². The van der Waals surface area contributed by atoms with E-state index in [9.17, 15) is 13.6 Å². The monoisotopic (exact) mass is 411 g/mol. The molecule has 0 saturated carbocycles. The maximum atomic E-state index is 14.1. The third-order valence-corrected chi connectivity index (χ3v) is 5.38. The minimum absolute atomic E-state index is 0.0935. The smallest absolute Gasteiger partial charge is 0.255 e. The molecule has 0 aliphatic heterocycles. The van der Waals surface area contributed by atoms with Gasteiger partial charge >= 0.3 is 0 Å². The van der Waals surface area contributed by atoms with Crippen LogP contribution in [-0.2, 0) is 12.8 Å². The van der Waals surface area contributed by atoms with E-state index in [0.717, 1.165) is 30.7 Å². The van der Waals surface area contributed by atoms with Gasteiger partial charge in [-0.3, -0.25) is 4.79 Å². The van der Waals surface area contributed by atoms with E-state index in [0.29, 0.717) is 30.1 Å². The van der Waals surface area contributed by atoms with Crippen molar-refractivity contribution in [1.29, 1.82) is 0 Å². The first-order valence-corrected chi connectivity index (χ1v) is 9.98. The molecule has 0 unspecified atom stereocenters. The number of carbonyl (C=O) groups excluding carboxylic acids is 1. The van der Waals surface area contributed by atoms with Crippen molar-refractivity contribution in [1.82, 2.24) is 15.1 Å². The number of nitrogens with zero attached hydrogens (tertiary/aromatic N) is 2. The van der Waals surface area contributed by atoms with Gasteiger partial charge < -0.3 is 10.1 Å². The van der Waals surface area contributed by atoms with E-state index < -0.39 is 11.6 Å². The van der Waals surface area contributed by atoms with Gasteiger partial charge in [0.05, 0.1) is 23.5 Å². The molecule has 0 atom stereocenters. The molecule has 30 heavy (non-hydrogen) atoms. The molecular weight excluding hydrogens is 388 g/mol. The van der Waals surface area contributed by atoms with Crippen molar-refractivity contribution in [3.05, 3.63) is 76.1 Å². The van der Waals surface area contributed by atoms with Crippen molar-refractivity contribution in [3.8, 4) is 11.4 Å². The molecule has 0 bridgehead atoms. The molecule has 0 saturated heterocycles. The third kappa shape index (κ3) is 3.92. The number of aryl methyl sites for hydroxylation is 3. The molecule has 7 heteroatoms. The predicted molar refractivity (Wildman–Crippen MR) is 109 cm³/mol. The van der Waals surface area contributed by atoms with Crippen LogP contribution in [0.1, 0.15) is 39.3 Å². The summed E-state index contributed by atoms with van der Waals surface area (Å²) in [6.07, 6.45) is 3.39. The number of hydrogen-bond donors (Lipinski definition) is 1. The first kappa shape index (κ1) is 20.1. The number of fused-ring (bicyclic) bond motifs is 1. The van der Waals surface area contributed by atoms with E-state index in [1.807, 2.05) is 6.07 Å². The standard InChI is InChI=1S/C23H23F2N3O2/c1-14-22(15(2)28(27-14)21-9-7-18(24)13-20(21)25)23(29)26-10-11-30-19-8-6-16-4-3-5-17(16)12-19/h6-9,12-13H,3-5,10-11H2,1-2H3,(H,26,29). The quantitative estimate of drug-likeness (QED) is 0.623. The molecule has 0 spiro atoms. The lowest BCUT2D eigenvalue weighted by Gasteiger charge is -2.10. The number of aromatic nitrogens is 2. The number of benzene rings is 2. The fraction of sp³-hybridized carbons (Fsp3) is 0.304. The molecule has 2 aromatic carbocycles. The molecule has 1 aromatic heterocycles. The van der Waals surface area contributed by atoms with Gasteiger partial charge in [-0.2, -0.15) is 5.10 Å². The van der Waals surface area contributed by atoms with Crippen LogP contribution in [0.5, 0.6) is 5.75 Å². The van der Waals surface area contributed by atoms with Crippen LogP contribution < -0.4 is 10.1 Å². The zero-order chi connectivity index (χ0) is 21.3. The lowest BCUT2D eigenvalue weighted by molar-refractivity contribution is 0.0945. The Balaban J connectivity index is 1.39. The van der Waals surface area contributed by atoms with Crippen LogP contribution in [0.25, 0.3) is 5.69 Å². The topological polar surface area (TPSA) is 56.2 Å². The summed E-state index contributed by atoms with van der Waals surface area (Å²) in [6, 6.07) is 9.39. The van der Waals surface area contributed by atoms with Gasteiger partial charge in [0.1, 0.15) is 23.9 Å². The Labute approximate surface area is 173 Å². The van der Waals surface area contributed by atoms with Crippen LogP contribution in [-0.4, -0.2) is 28.8 Å². The van der Waals surface area contributed by atoms with E-state index in [1.165, 1.54) is 28.3 Å². The maximum absolute atomic E-state index is 14.1. The van der Waals surface area contributed by atoms with Crippen LogP contribution in [0.15, 0.2) is 36.4 Å². The normalized spacial score (nSPS) is 12.7. The molecule has 0 radical (unpaired) electrons. The number of carbonyl (C=O) groups is 1. The first-order valence-electron chi connectivity index (χ1n) is 9.98. The number of amides is 1. The average Bonchev–Trinajstić information content (AvgIpc) is 3.28. The Morgan fingerprint density at radius 3 is 2.73 bits per heavy atom. The third-order valence-electron chi connectivity index (χ3n) is 5.38. The van der Waals surface area contributed by atoms with Crippen molar-refractivity contribution in [2.75, 3.05) is 13.2 Å². The van der Waals surface area contributed by atoms with Crippen molar-refractivity contribution >= 4 is 5.91 Å². The number of rotatable bonds is 6.